The van der Waals surface area contributed by atoms with Gasteiger partial charge in [-0.25, -0.2) is 0 Å². The maximum absolute atomic E-state index is 4.05. The Kier molecular flexibility index (Phi) is 4.93. The highest BCUT2D eigenvalue weighted by atomic mass is 14.6. The van der Waals surface area contributed by atoms with Crippen LogP contribution in [0.2, 0.25) is 0 Å². The number of pyridine rings is 1. The Morgan fingerprint density at radius 1 is 0.895 bits per heavy atom. The molecule has 0 fully saturated rings. The Balaban J connectivity index is 0.000000191. The summed E-state index contributed by atoms with van der Waals surface area (Å²) in [5.41, 5.74) is 3.17. The second-order valence-electron chi connectivity index (χ2n) is 6.84. The lowest BCUT2D eigenvalue weighted by molar-refractivity contribution is 0.587. The topological polar surface area (TPSA) is 28.7 Å². The number of aromatic amines is 1. The van der Waals surface area contributed by atoms with E-state index in [2.05, 4.69) is 63.6 Å². The highest BCUT2D eigenvalue weighted by molar-refractivity contribution is 5.18. The number of aromatic nitrogens is 2. The minimum absolute atomic E-state index is 0.230. The highest BCUT2D eigenvalue weighted by Crippen LogP contribution is 2.20. The van der Waals surface area contributed by atoms with Crippen molar-refractivity contribution in [1.29, 1.82) is 0 Å². The van der Waals surface area contributed by atoms with Gasteiger partial charge in [0.15, 0.2) is 0 Å². The van der Waals surface area contributed by atoms with Crippen LogP contribution in [0.25, 0.3) is 0 Å². The molecule has 0 saturated carbocycles. The molecule has 0 aliphatic carbocycles. The van der Waals surface area contributed by atoms with Gasteiger partial charge in [0.05, 0.1) is 0 Å². The molecule has 2 heteroatoms. The van der Waals surface area contributed by atoms with Gasteiger partial charge in [-0.1, -0.05) is 47.6 Å². The van der Waals surface area contributed by atoms with Crippen molar-refractivity contribution in [3.05, 3.63) is 54.1 Å². The quantitative estimate of drug-likeness (QED) is 0.729. The van der Waals surface area contributed by atoms with Crippen molar-refractivity contribution in [2.24, 2.45) is 0 Å². The van der Waals surface area contributed by atoms with Crippen LogP contribution in [-0.4, -0.2) is 9.97 Å². The van der Waals surface area contributed by atoms with Crippen LogP contribution in [0.4, 0.5) is 0 Å². The summed E-state index contributed by atoms with van der Waals surface area (Å²) in [5.74, 6) is 0. The van der Waals surface area contributed by atoms with E-state index in [9.17, 15) is 0 Å². The normalized spacial score (nSPS) is 11.7. The van der Waals surface area contributed by atoms with Gasteiger partial charge >= 0.3 is 0 Å². The van der Waals surface area contributed by atoms with E-state index in [0.29, 0.717) is 5.41 Å². The van der Waals surface area contributed by atoms with E-state index in [4.69, 9.17) is 0 Å². The molecule has 2 aromatic heterocycles. The predicted octanol–water partition coefficient (Wildman–Crippen LogP) is 4.69. The van der Waals surface area contributed by atoms with Crippen molar-refractivity contribution < 1.29 is 0 Å². The predicted molar refractivity (Wildman–Crippen MR) is 82.4 cm³/mol. The monoisotopic (exact) mass is 258 g/mol. The first-order chi connectivity index (χ1) is 8.71. The minimum atomic E-state index is 0.230. The molecule has 0 aliphatic heterocycles. The molecule has 0 aromatic carbocycles. The third-order valence-electron chi connectivity index (χ3n) is 2.99. The van der Waals surface area contributed by atoms with E-state index < -0.39 is 0 Å². The minimum Gasteiger partial charge on any atom is -0.367 e. The summed E-state index contributed by atoms with van der Waals surface area (Å²) in [5, 5.41) is 0. The van der Waals surface area contributed by atoms with Crippen LogP contribution >= 0.6 is 0 Å². The van der Waals surface area contributed by atoms with Gasteiger partial charge < -0.3 is 4.98 Å². The molecule has 0 bridgehead atoms. The van der Waals surface area contributed by atoms with E-state index in [0.717, 1.165) is 0 Å². The van der Waals surface area contributed by atoms with Crippen LogP contribution in [-0.2, 0) is 10.8 Å². The highest BCUT2D eigenvalue weighted by Gasteiger charge is 2.12. The summed E-state index contributed by atoms with van der Waals surface area (Å²) < 4.78 is 0. The Bertz CT molecular complexity index is 456. The maximum Gasteiger partial charge on any atom is 0.0305 e. The van der Waals surface area contributed by atoms with Crippen LogP contribution in [0.1, 0.15) is 52.7 Å². The second kappa shape index (κ2) is 6.05. The molecule has 1 N–H and O–H groups in total. The Morgan fingerprint density at radius 2 is 1.53 bits per heavy atom. The van der Waals surface area contributed by atoms with Crippen molar-refractivity contribution in [2.45, 2.75) is 52.4 Å². The number of H-pyrrole nitrogens is 1. The second-order valence-corrected chi connectivity index (χ2v) is 6.84. The molecule has 2 heterocycles. The van der Waals surface area contributed by atoms with Gasteiger partial charge in [-0.15, -0.1) is 0 Å². The summed E-state index contributed by atoms with van der Waals surface area (Å²) in [6.07, 6.45) is 7.72. The van der Waals surface area contributed by atoms with Crippen LogP contribution in [0.15, 0.2) is 43.0 Å². The molecule has 0 radical (unpaired) electrons. The third kappa shape index (κ3) is 5.29. The van der Waals surface area contributed by atoms with Gasteiger partial charge in [0.1, 0.15) is 0 Å². The standard InChI is InChI=1S/C9H13N.C8H13N/c1-9(2,3)8-5-4-6-10-7-8;1-8(2,3)7-4-5-9-6-7/h4-7H,1-3H3;4-6,9H,1-3H3. The molecule has 0 spiro atoms. The van der Waals surface area contributed by atoms with Gasteiger partial charge in [0, 0.05) is 24.8 Å². The fourth-order valence-corrected chi connectivity index (χ4v) is 1.60. The van der Waals surface area contributed by atoms with Crippen LogP contribution in [0.3, 0.4) is 0 Å². The molecule has 104 valence electrons. The molecule has 2 rings (SSSR count). The van der Waals surface area contributed by atoms with Crippen LogP contribution in [0.5, 0.6) is 0 Å². The lowest BCUT2D eigenvalue weighted by Gasteiger charge is -2.17. The van der Waals surface area contributed by atoms with Crippen LogP contribution in [0, 0.1) is 0 Å². The summed E-state index contributed by atoms with van der Waals surface area (Å²) in [6, 6.07) is 6.19. The smallest absolute Gasteiger partial charge is 0.0305 e. The molecule has 0 saturated heterocycles. The van der Waals surface area contributed by atoms with Crippen molar-refractivity contribution >= 4 is 0 Å². The zero-order valence-corrected chi connectivity index (χ0v) is 13.0. The van der Waals surface area contributed by atoms with E-state index in [1.54, 1.807) is 6.20 Å². The summed E-state index contributed by atoms with van der Waals surface area (Å²) in [6.45, 7) is 13.2. The molecule has 0 aliphatic rings. The lowest BCUT2D eigenvalue weighted by Crippen LogP contribution is -2.10. The summed E-state index contributed by atoms with van der Waals surface area (Å²) in [4.78, 5) is 7.09. The van der Waals surface area contributed by atoms with Crippen molar-refractivity contribution in [3.63, 3.8) is 0 Å². The van der Waals surface area contributed by atoms with Gasteiger partial charge in [0.25, 0.3) is 0 Å². The third-order valence-corrected chi connectivity index (χ3v) is 2.99. The molecule has 0 atom stereocenters. The number of hydrogen-bond donors (Lipinski definition) is 1. The first-order valence-electron chi connectivity index (χ1n) is 6.75. The number of rotatable bonds is 0. The van der Waals surface area contributed by atoms with E-state index in [1.165, 1.54) is 11.1 Å². The van der Waals surface area contributed by atoms with E-state index >= 15 is 0 Å². The molecule has 0 unspecified atom stereocenters. The first kappa shape index (κ1) is 15.5. The number of nitrogens with one attached hydrogen (secondary N) is 1. The molecular weight excluding hydrogens is 232 g/mol. The number of hydrogen-bond acceptors (Lipinski definition) is 1. The SMILES string of the molecule is CC(C)(C)c1cc[nH]c1.CC(C)(C)c1cccnc1. The molecular formula is C17H26N2. The Hall–Kier alpha value is -1.57. The fourth-order valence-electron chi connectivity index (χ4n) is 1.60. The summed E-state index contributed by atoms with van der Waals surface area (Å²) >= 11 is 0. The van der Waals surface area contributed by atoms with Gasteiger partial charge in [-0.05, 0) is 34.1 Å². The molecule has 2 aromatic rings. The zero-order valence-electron chi connectivity index (χ0n) is 13.0. The average Bonchev–Trinajstić information content (AvgIpc) is 2.83. The molecule has 2 nitrogen and oxygen atoms in total. The fraction of sp³-hybridized carbons (Fsp3) is 0.471. The Morgan fingerprint density at radius 3 is 1.79 bits per heavy atom. The van der Waals surface area contributed by atoms with Gasteiger partial charge in [-0.3, -0.25) is 4.98 Å². The van der Waals surface area contributed by atoms with Crippen molar-refractivity contribution in [1.82, 2.24) is 9.97 Å². The lowest BCUT2D eigenvalue weighted by atomic mass is 9.88. The van der Waals surface area contributed by atoms with E-state index in [1.807, 2.05) is 24.7 Å². The average molecular weight is 258 g/mol. The molecule has 0 amide bonds. The first-order valence-corrected chi connectivity index (χ1v) is 6.75. The van der Waals surface area contributed by atoms with Crippen molar-refractivity contribution in [2.75, 3.05) is 0 Å². The van der Waals surface area contributed by atoms with Gasteiger partial charge in [-0.2, -0.15) is 0 Å². The number of nitrogens with zero attached hydrogens (tertiary/aromatic N) is 1. The van der Waals surface area contributed by atoms with E-state index in [-0.39, 0.29) is 5.41 Å². The molecule has 19 heavy (non-hydrogen) atoms. The largest absolute Gasteiger partial charge is 0.367 e. The summed E-state index contributed by atoms with van der Waals surface area (Å²) in [7, 11) is 0. The Labute approximate surface area is 117 Å². The van der Waals surface area contributed by atoms with Gasteiger partial charge in [0.2, 0.25) is 0 Å². The van der Waals surface area contributed by atoms with Crippen molar-refractivity contribution in [3.8, 4) is 0 Å². The zero-order chi connectivity index (χ0) is 14.5. The van der Waals surface area contributed by atoms with Crippen LogP contribution < -0.4 is 0 Å². The maximum atomic E-state index is 4.05.